The van der Waals surface area contributed by atoms with Crippen molar-refractivity contribution < 1.29 is 33.2 Å². The van der Waals surface area contributed by atoms with Gasteiger partial charge < -0.3 is 28.5 Å². The molecule has 2 amide bonds. The molecule has 0 aliphatic carbocycles. The second kappa shape index (κ2) is 9.18. The first-order chi connectivity index (χ1) is 13.1. The van der Waals surface area contributed by atoms with Crippen molar-refractivity contribution in [3.8, 4) is 5.75 Å². The average Bonchev–Trinajstić information content (AvgIpc) is 2.65. The fraction of sp³-hybridized carbons (Fsp3) is 0.474. The van der Waals surface area contributed by atoms with Gasteiger partial charge in [0.05, 0.1) is 29.4 Å². The van der Waals surface area contributed by atoms with E-state index in [0.29, 0.717) is 34.6 Å². The second-order valence-corrected chi connectivity index (χ2v) is 7.99. The van der Waals surface area contributed by atoms with Crippen LogP contribution >= 0.6 is 15.9 Å². The van der Waals surface area contributed by atoms with E-state index in [1.54, 1.807) is 39.0 Å². The van der Waals surface area contributed by atoms with Crippen LogP contribution < -0.4 is 4.74 Å². The molecule has 0 bridgehead atoms. The molecule has 0 aromatic heterocycles. The van der Waals surface area contributed by atoms with E-state index in [1.165, 1.54) is 16.6 Å². The highest BCUT2D eigenvalue weighted by atomic mass is 79.9. The van der Waals surface area contributed by atoms with Gasteiger partial charge in [-0.25, -0.2) is 9.59 Å². The van der Waals surface area contributed by atoms with Crippen LogP contribution in [-0.2, 0) is 14.3 Å². The lowest BCUT2D eigenvalue weighted by Gasteiger charge is -2.32. The molecule has 152 valence electrons. The maximum Gasteiger partial charge on any atom is 0.409 e. The standard InChI is InChI=1S/C19H23BrN2O6/c1-19(2,3)28-18(25)21-7-8-22(12-23)14(10-21)11-27-16-9-13(17(24)26-4)5-6-15(16)20/h5-6,9H,7-8,10-11H2,1-4H3. The Morgan fingerprint density at radius 3 is 2.64 bits per heavy atom. The summed E-state index contributed by atoms with van der Waals surface area (Å²) in [6, 6.07) is 4.82. The molecule has 1 aromatic rings. The maximum atomic E-state index is 12.3. The Labute approximate surface area is 172 Å². The Balaban J connectivity index is 2.13. The maximum absolute atomic E-state index is 12.3. The Bertz CT molecular complexity index is 800. The van der Waals surface area contributed by atoms with Gasteiger partial charge in [-0.1, -0.05) is 0 Å². The molecule has 1 aliphatic heterocycles. The fourth-order valence-corrected chi connectivity index (χ4v) is 2.86. The zero-order valence-corrected chi connectivity index (χ0v) is 17.9. The lowest BCUT2D eigenvalue weighted by atomic mass is 10.2. The highest BCUT2D eigenvalue weighted by molar-refractivity contribution is 9.10. The smallest absolute Gasteiger partial charge is 0.409 e. The number of methoxy groups -OCH3 is 1. The SMILES string of the molecule is COC(=O)c1ccc(Br)c(OCC2=[N+]([C-]=O)CCN(C(=O)OC(C)(C)C)C2)c1. The van der Waals surface area contributed by atoms with E-state index in [9.17, 15) is 14.4 Å². The van der Waals surface area contributed by atoms with Crippen LogP contribution in [0.1, 0.15) is 31.1 Å². The van der Waals surface area contributed by atoms with Crippen molar-refractivity contribution in [2.24, 2.45) is 0 Å². The number of amides is 2. The molecule has 28 heavy (non-hydrogen) atoms. The zero-order chi connectivity index (χ0) is 20.9. The molecule has 9 heteroatoms. The van der Waals surface area contributed by atoms with Crippen molar-refractivity contribution in [3.05, 3.63) is 28.2 Å². The lowest BCUT2D eigenvalue weighted by molar-refractivity contribution is -0.416. The van der Waals surface area contributed by atoms with E-state index in [2.05, 4.69) is 15.9 Å². The van der Waals surface area contributed by atoms with E-state index in [0.717, 1.165) is 0 Å². The number of hydrogen-bond acceptors (Lipinski definition) is 6. The summed E-state index contributed by atoms with van der Waals surface area (Å²) in [5.74, 6) is -0.0720. The van der Waals surface area contributed by atoms with Gasteiger partial charge in [-0.3, -0.25) is 0 Å². The second-order valence-electron chi connectivity index (χ2n) is 7.14. The number of hydrogen-bond donors (Lipinski definition) is 0. The van der Waals surface area contributed by atoms with Gasteiger partial charge >= 0.3 is 12.1 Å². The van der Waals surface area contributed by atoms with Gasteiger partial charge in [0.2, 0.25) is 0 Å². The van der Waals surface area contributed by atoms with Crippen LogP contribution in [0, 0.1) is 0 Å². The summed E-state index contributed by atoms with van der Waals surface area (Å²) < 4.78 is 17.9. The summed E-state index contributed by atoms with van der Waals surface area (Å²) in [4.78, 5) is 36.8. The molecule has 0 unspecified atom stereocenters. The molecular weight excluding hydrogens is 432 g/mol. The Morgan fingerprint density at radius 2 is 2.04 bits per heavy atom. The summed E-state index contributed by atoms with van der Waals surface area (Å²) >= 11 is 3.36. The number of halogens is 1. The summed E-state index contributed by atoms with van der Waals surface area (Å²) in [7, 11) is 1.30. The number of nitrogens with zero attached hydrogens (tertiary/aromatic N) is 2. The molecule has 2 rings (SSSR count). The van der Waals surface area contributed by atoms with Gasteiger partial charge in [0.25, 0.3) is 6.41 Å². The van der Waals surface area contributed by atoms with Crippen LogP contribution in [0.4, 0.5) is 4.79 Å². The lowest BCUT2D eigenvalue weighted by Crippen LogP contribution is -2.50. The molecule has 0 N–H and O–H groups in total. The zero-order valence-electron chi connectivity index (χ0n) is 16.3. The normalized spacial score (nSPS) is 14.5. The summed E-state index contributed by atoms with van der Waals surface area (Å²) in [6.45, 7) is 6.23. The molecular formula is C19H23BrN2O6. The van der Waals surface area contributed by atoms with Crippen LogP contribution in [0.5, 0.6) is 5.75 Å². The van der Waals surface area contributed by atoms with Gasteiger partial charge in [-0.15, -0.1) is 0 Å². The van der Waals surface area contributed by atoms with Crippen LogP contribution in [0.25, 0.3) is 0 Å². The molecule has 0 fully saturated rings. The van der Waals surface area contributed by atoms with Gasteiger partial charge in [0, 0.05) is 6.54 Å². The molecule has 0 spiro atoms. The molecule has 1 aliphatic rings. The quantitative estimate of drug-likeness (QED) is 0.385. The molecule has 8 nitrogen and oxygen atoms in total. The third-order valence-corrected chi connectivity index (χ3v) is 4.51. The third-order valence-electron chi connectivity index (χ3n) is 3.86. The van der Waals surface area contributed by atoms with Crippen LogP contribution in [0.15, 0.2) is 22.7 Å². The predicted molar refractivity (Wildman–Crippen MR) is 105 cm³/mol. The fourth-order valence-electron chi connectivity index (χ4n) is 2.50. The van der Waals surface area contributed by atoms with Crippen molar-refractivity contribution >= 4 is 40.1 Å². The van der Waals surface area contributed by atoms with Crippen molar-refractivity contribution in [2.45, 2.75) is 26.4 Å². The molecule has 0 radical (unpaired) electrons. The topological polar surface area (TPSA) is 85.2 Å². The number of carbonyl (C=O) groups excluding carboxylic acids is 3. The first-order valence-corrected chi connectivity index (χ1v) is 9.42. The minimum Gasteiger partial charge on any atom is -0.500 e. The summed E-state index contributed by atoms with van der Waals surface area (Å²) in [5, 5.41) is 0. The minimum atomic E-state index is -0.610. The highest BCUT2D eigenvalue weighted by Gasteiger charge is 2.27. The first kappa shape index (κ1) is 21.9. The van der Waals surface area contributed by atoms with Crippen LogP contribution in [-0.4, -0.2) is 72.6 Å². The van der Waals surface area contributed by atoms with Crippen molar-refractivity contribution in [1.29, 1.82) is 0 Å². The molecule has 1 heterocycles. The van der Waals surface area contributed by atoms with Crippen molar-refractivity contribution in [1.82, 2.24) is 4.90 Å². The largest absolute Gasteiger partial charge is 0.500 e. The number of benzene rings is 1. The number of rotatable bonds is 5. The Morgan fingerprint density at radius 1 is 1.32 bits per heavy atom. The summed E-state index contributed by atoms with van der Waals surface area (Å²) in [5.41, 5.74) is 0.284. The minimum absolute atomic E-state index is 0.0394. The summed E-state index contributed by atoms with van der Waals surface area (Å²) in [6.07, 6.45) is 1.40. The van der Waals surface area contributed by atoms with E-state index in [-0.39, 0.29) is 13.2 Å². The van der Waals surface area contributed by atoms with Gasteiger partial charge in [-0.05, 0) is 54.9 Å². The van der Waals surface area contributed by atoms with E-state index >= 15 is 0 Å². The number of carbonyl (C=O) groups is 2. The van der Waals surface area contributed by atoms with Crippen LogP contribution in [0.3, 0.4) is 0 Å². The molecule has 1 aromatic carbocycles. The van der Waals surface area contributed by atoms with Crippen molar-refractivity contribution in [2.75, 3.05) is 33.4 Å². The van der Waals surface area contributed by atoms with E-state index < -0.39 is 17.7 Å². The highest BCUT2D eigenvalue weighted by Crippen LogP contribution is 2.26. The van der Waals surface area contributed by atoms with Crippen LogP contribution in [0.2, 0.25) is 0 Å². The van der Waals surface area contributed by atoms with Gasteiger partial charge in [-0.2, -0.15) is 0 Å². The van der Waals surface area contributed by atoms with Gasteiger partial charge in [0.15, 0.2) is 0 Å². The van der Waals surface area contributed by atoms with E-state index in [4.69, 9.17) is 14.2 Å². The average molecular weight is 455 g/mol. The molecule has 0 saturated heterocycles. The van der Waals surface area contributed by atoms with Crippen molar-refractivity contribution in [3.63, 3.8) is 0 Å². The monoisotopic (exact) mass is 454 g/mol. The first-order valence-electron chi connectivity index (χ1n) is 8.63. The number of esters is 1. The third kappa shape index (κ3) is 5.79. The molecule has 0 atom stereocenters. The predicted octanol–water partition coefficient (Wildman–Crippen LogP) is 2.39. The molecule has 0 saturated carbocycles. The van der Waals surface area contributed by atoms with E-state index in [1.807, 2.05) is 6.41 Å². The Hall–Kier alpha value is -2.42. The Kier molecular flexibility index (Phi) is 7.17. The number of ether oxygens (including phenoxy) is 3. The van der Waals surface area contributed by atoms with Gasteiger partial charge in [0.1, 0.15) is 24.5 Å².